The fourth-order valence-corrected chi connectivity index (χ4v) is 4.64. The van der Waals surface area contributed by atoms with Crippen molar-refractivity contribution in [1.82, 2.24) is 9.62 Å². The Labute approximate surface area is 138 Å². The maximum Gasteiger partial charge on any atom is 0.225 e. The Morgan fingerprint density at radius 2 is 1.83 bits per heavy atom. The highest BCUT2D eigenvalue weighted by molar-refractivity contribution is 7.88. The molecule has 1 saturated heterocycles. The van der Waals surface area contributed by atoms with Gasteiger partial charge in [0.05, 0.1) is 5.75 Å². The lowest BCUT2D eigenvalue weighted by atomic mass is 10.1. The maximum absolute atomic E-state index is 12.4. The van der Waals surface area contributed by atoms with E-state index in [1.165, 1.54) is 0 Å². The summed E-state index contributed by atoms with van der Waals surface area (Å²) in [5.41, 5.74) is 1.82. The van der Waals surface area contributed by atoms with Crippen molar-refractivity contribution in [3.8, 4) is 0 Å². The topological polar surface area (TPSA) is 66.5 Å². The molecule has 0 unspecified atom stereocenters. The van der Waals surface area contributed by atoms with Crippen molar-refractivity contribution in [2.45, 2.75) is 44.4 Å². The van der Waals surface area contributed by atoms with Crippen LogP contribution in [0.3, 0.4) is 0 Å². The predicted molar refractivity (Wildman–Crippen MR) is 89.3 cm³/mol. The minimum absolute atomic E-state index is 0.0148. The first-order chi connectivity index (χ1) is 10.9. The highest BCUT2D eigenvalue weighted by Gasteiger charge is 2.35. The van der Waals surface area contributed by atoms with Crippen molar-refractivity contribution in [3.63, 3.8) is 0 Å². The van der Waals surface area contributed by atoms with Gasteiger partial charge in [0.15, 0.2) is 0 Å². The molecular weight excluding hydrogens is 312 g/mol. The number of sulfonamides is 1. The predicted octanol–water partition coefficient (Wildman–Crippen LogP) is 1.82. The van der Waals surface area contributed by atoms with Crippen LogP contribution in [0.4, 0.5) is 0 Å². The number of likely N-dealkylation sites (tertiary alicyclic amines) is 1. The van der Waals surface area contributed by atoms with Crippen LogP contribution in [0.1, 0.15) is 36.8 Å². The SMILES string of the molecule is Cc1ccccc1CS(=O)(=O)NC1CCN(C(=O)C2CC2)CC1. The van der Waals surface area contributed by atoms with Gasteiger partial charge in [-0.3, -0.25) is 4.79 Å². The second-order valence-corrected chi connectivity index (χ2v) is 8.43. The molecule has 1 aromatic rings. The first kappa shape index (κ1) is 16.5. The second kappa shape index (κ2) is 6.61. The molecule has 5 nitrogen and oxygen atoms in total. The molecule has 1 aromatic carbocycles. The van der Waals surface area contributed by atoms with E-state index in [0.717, 1.165) is 24.0 Å². The van der Waals surface area contributed by atoms with E-state index in [-0.39, 0.29) is 23.6 Å². The van der Waals surface area contributed by atoms with Gasteiger partial charge < -0.3 is 4.90 Å². The summed E-state index contributed by atoms with van der Waals surface area (Å²) in [5, 5.41) is 0. The van der Waals surface area contributed by atoms with Crippen molar-refractivity contribution in [2.24, 2.45) is 5.92 Å². The summed E-state index contributed by atoms with van der Waals surface area (Å²) in [6, 6.07) is 7.48. The molecule has 1 heterocycles. The molecule has 1 aliphatic carbocycles. The first-order valence-electron chi connectivity index (χ1n) is 8.28. The van der Waals surface area contributed by atoms with E-state index in [1.807, 2.05) is 36.1 Å². The zero-order valence-corrected chi connectivity index (χ0v) is 14.3. The van der Waals surface area contributed by atoms with Crippen molar-refractivity contribution >= 4 is 15.9 Å². The second-order valence-electron chi connectivity index (χ2n) is 6.68. The largest absolute Gasteiger partial charge is 0.342 e. The number of nitrogens with one attached hydrogen (secondary N) is 1. The number of aryl methyl sites for hydroxylation is 1. The Morgan fingerprint density at radius 1 is 1.17 bits per heavy atom. The van der Waals surface area contributed by atoms with E-state index in [1.54, 1.807) is 0 Å². The molecule has 0 aromatic heterocycles. The number of carbonyl (C=O) groups is 1. The number of carbonyl (C=O) groups excluding carboxylic acids is 1. The summed E-state index contributed by atoms with van der Waals surface area (Å²) < 4.78 is 27.5. The molecule has 6 heteroatoms. The molecular formula is C17H24N2O3S. The molecule has 126 valence electrons. The molecule has 0 bridgehead atoms. The van der Waals surface area contributed by atoms with Crippen molar-refractivity contribution in [3.05, 3.63) is 35.4 Å². The van der Waals surface area contributed by atoms with Gasteiger partial charge in [0.2, 0.25) is 15.9 Å². The highest BCUT2D eigenvalue weighted by atomic mass is 32.2. The zero-order valence-electron chi connectivity index (χ0n) is 13.5. The van der Waals surface area contributed by atoms with Crippen molar-refractivity contribution in [1.29, 1.82) is 0 Å². The summed E-state index contributed by atoms with van der Waals surface area (Å²) >= 11 is 0. The summed E-state index contributed by atoms with van der Waals surface area (Å²) in [7, 11) is -3.35. The monoisotopic (exact) mass is 336 g/mol. The smallest absolute Gasteiger partial charge is 0.225 e. The van der Waals surface area contributed by atoms with Gasteiger partial charge in [0.25, 0.3) is 0 Å². The maximum atomic E-state index is 12.4. The lowest BCUT2D eigenvalue weighted by Gasteiger charge is -2.32. The number of piperidine rings is 1. The van der Waals surface area contributed by atoms with Gasteiger partial charge in [-0.2, -0.15) is 0 Å². The number of rotatable bonds is 5. The van der Waals surface area contributed by atoms with Crippen LogP contribution in [-0.2, 0) is 20.6 Å². The molecule has 1 amide bonds. The van der Waals surface area contributed by atoms with Gasteiger partial charge in [-0.1, -0.05) is 24.3 Å². The summed E-state index contributed by atoms with van der Waals surface area (Å²) in [6.45, 7) is 3.24. The molecule has 2 aliphatic rings. The molecule has 0 radical (unpaired) electrons. The van der Waals surface area contributed by atoms with Crippen LogP contribution in [-0.4, -0.2) is 38.4 Å². The van der Waals surface area contributed by atoms with E-state index in [9.17, 15) is 13.2 Å². The number of amides is 1. The van der Waals surface area contributed by atoms with Gasteiger partial charge in [0.1, 0.15) is 0 Å². The van der Waals surface area contributed by atoms with E-state index < -0.39 is 10.0 Å². The van der Waals surface area contributed by atoms with E-state index in [2.05, 4.69) is 4.72 Å². The summed E-state index contributed by atoms with van der Waals surface area (Å²) in [5.74, 6) is 0.511. The minimum atomic E-state index is -3.35. The molecule has 1 aliphatic heterocycles. The third-order valence-electron chi connectivity index (χ3n) is 4.69. The van der Waals surface area contributed by atoms with E-state index in [4.69, 9.17) is 0 Å². The Kier molecular flexibility index (Phi) is 4.73. The quantitative estimate of drug-likeness (QED) is 0.892. The Bertz CT molecular complexity index is 675. The third-order valence-corrected chi connectivity index (χ3v) is 6.07. The van der Waals surface area contributed by atoms with Crippen LogP contribution >= 0.6 is 0 Å². The van der Waals surface area contributed by atoms with Crippen LogP contribution in [0.15, 0.2) is 24.3 Å². The van der Waals surface area contributed by atoms with Crippen molar-refractivity contribution < 1.29 is 13.2 Å². The number of hydrogen-bond donors (Lipinski definition) is 1. The average molecular weight is 336 g/mol. The number of nitrogens with zero attached hydrogens (tertiary/aromatic N) is 1. The first-order valence-corrected chi connectivity index (χ1v) is 9.93. The molecule has 3 rings (SSSR count). The zero-order chi connectivity index (χ0) is 16.4. The molecule has 2 fully saturated rings. The average Bonchev–Trinajstić information content (AvgIpc) is 3.34. The molecule has 0 spiro atoms. The number of benzene rings is 1. The summed E-state index contributed by atoms with van der Waals surface area (Å²) in [6.07, 6.45) is 3.43. The van der Waals surface area contributed by atoms with Gasteiger partial charge in [-0.05, 0) is 43.7 Å². The van der Waals surface area contributed by atoms with Crippen molar-refractivity contribution in [2.75, 3.05) is 13.1 Å². The van der Waals surface area contributed by atoms with Crippen LogP contribution in [0, 0.1) is 12.8 Å². The summed E-state index contributed by atoms with van der Waals surface area (Å²) in [4.78, 5) is 13.9. The van der Waals surface area contributed by atoms with Gasteiger partial charge in [-0.15, -0.1) is 0 Å². The number of hydrogen-bond acceptors (Lipinski definition) is 3. The normalized spacial score (nSPS) is 19.8. The Balaban J connectivity index is 1.53. The molecule has 1 N–H and O–H groups in total. The fraction of sp³-hybridized carbons (Fsp3) is 0.588. The van der Waals surface area contributed by atoms with E-state index >= 15 is 0 Å². The lowest BCUT2D eigenvalue weighted by Crippen LogP contribution is -2.47. The molecule has 23 heavy (non-hydrogen) atoms. The van der Waals surface area contributed by atoms with E-state index in [0.29, 0.717) is 25.9 Å². The van der Waals surface area contributed by atoms with Crippen LogP contribution in [0.25, 0.3) is 0 Å². The lowest BCUT2D eigenvalue weighted by molar-refractivity contribution is -0.133. The Hall–Kier alpha value is -1.40. The van der Waals surface area contributed by atoms with Gasteiger partial charge in [-0.25, -0.2) is 13.1 Å². The highest BCUT2D eigenvalue weighted by Crippen LogP contribution is 2.32. The minimum Gasteiger partial charge on any atom is -0.342 e. The van der Waals surface area contributed by atoms with Gasteiger partial charge in [0, 0.05) is 25.0 Å². The standard InChI is InChI=1S/C17H24N2O3S/c1-13-4-2-3-5-15(13)12-23(21,22)18-16-8-10-19(11-9-16)17(20)14-6-7-14/h2-5,14,16,18H,6-12H2,1H3. The van der Waals surface area contributed by atoms with Crippen LogP contribution in [0.2, 0.25) is 0 Å². The van der Waals surface area contributed by atoms with Crippen LogP contribution < -0.4 is 4.72 Å². The van der Waals surface area contributed by atoms with Gasteiger partial charge >= 0.3 is 0 Å². The Morgan fingerprint density at radius 3 is 2.43 bits per heavy atom. The third kappa shape index (κ3) is 4.32. The molecule has 0 atom stereocenters. The van der Waals surface area contributed by atoms with Crippen LogP contribution in [0.5, 0.6) is 0 Å². The molecule has 1 saturated carbocycles. The fourth-order valence-electron chi connectivity index (χ4n) is 3.08.